The van der Waals surface area contributed by atoms with E-state index in [-0.39, 0.29) is 37.6 Å². The van der Waals surface area contributed by atoms with Crippen LogP contribution in [0.3, 0.4) is 0 Å². The summed E-state index contributed by atoms with van der Waals surface area (Å²) in [5.74, 6) is -1.11. The van der Waals surface area contributed by atoms with E-state index in [1.807, 2.05) is 48.5 Å². The number of aliphatic hydroxyl groups is 1. The van der Waals surface area contributed by atoms with E-state index < -0.39 is 12.3 Å². The topological polar surface area (TPSA) is 108 Å². The number of carboxylic acids is 1. The highest BCUT2D eigenvalue weighted by Gasteiger charge is 2.50. The molecule has 3 aliphatic rings. The molecule has 5 atom stereocenters. The molecule has 0 aromatic heterocycles. The Kier molecular flexibility index (Phi) is 8.85. The SMILES string of the molecule is CC1(C)CC2CC(C)(CN2C[C@@H]2C[C@H](c3ccc(CO)cc3)O[C@H](c3ccc(NC(=O)CCCC(=O)O)cc3)O2)C1. The lowest BCUT2D eigenvalue weighted by molar-refractivity contribution is -0.253. The Hall–Kier alpha value is -2.78. The fraction of sp³-hybridized carbons (Fsp3) is 0.576. The van der Waals surface area contributed by atoms with Gasteiger partial charge < -0.3 is 25.0 Å². The number of hydrogen-bond acceptors (Lipinski definition) is 6. The van der Waals surface area contributed by atoms with E-state index in [1.54, 1.807) is 0 Å². The lowest BCUT2D eigenvalue weighted by Crippen LogP contribution is -2.42. The molecule has 2 bridgehead atoms. The molecule has 1 aliphatic carbocycles. The van der Waals surface area contributed by atoms with Gasteiger partial charge in [0, 0.05) is 49.6 Å². The minimum atomic E-state index is -0.901. The number of aliphatic carboxylic acids is 1. The molecule has 3 fully saturated rings. The quantitative estimate of drug-likeness (QED) is 0.334. The Morgan fingerprint density at radius 2 is 1.68 bits per heavy atom. The Bertz CT molecular complexity index is 1210. The molecule has 2 aromatic carbocycles. The van der Waals surface area contributed by atoms with Gasteiger partial charge in [-0.2, -0.15) is 0 Å². The van der Waals surface area contributed by atoms with Gasteiger partial charge in [-0.3, -0.25) is 14.5 Å². The van der Waals surface area contributed by atoms with Crippen LogP contribution in [0.25, 0.3) is 0 Å². The van der Waals surface area contributed by atoms with Gasteiger partial charge in [-0.25, -0.2) is 0 Å². The van der Waals surface area contributed by atoms with Gasteiger partial charge >= 0.3 is 5.97 Å². The van der Waals surface area contributed by atoms with Crippen LogP contribution in [0.5, 0.6) is 0 Å². The third-order valence-corrected chi connectivity index (χ3v) is 8.84. The third-order valence-electron chi connectivity index (χ3n) is 8.84. The Morgan fingerprint density at radius 1 is 0.976 bits per heavy atom. The molecule has 2 heterocycles. The van der Waals surface area contributed by atoms with Gasteiger partial charge in [-0.1, -0.05) is 57.2 Å². The van der Waals surface area contributed by atoms with Gasteiger partial charge in [0.15, 0.2) is 6.29 Å². The first-order chi connectivity index (χ1) is 19.5. The second-order valence-corrected chi connectivity index (χ2v) is 13.4. The number of hydrogen-bond donors (Lipinski definition) is 3. The summed E-state index contributed by atoms with van der Waals surface area (Å²) in [6, 6.07) is 16.0. The molecule has 8 nitrogen and oxygen atoms in total. The lowest BCUT2D eigenvalue weighted by Gasteiger charge is -2.41. The number of benzene rings is 2. The van der Waals surface area contributed by atoms with Crippen molar-refractivity contribution in [2.75, 3.05) is 18.4 Å². The largest absolute Gasteiger partial charge is 0.481 e. The van der Waals surface area contributed by atoms with Gasteiger partial charge in [-0.15, -0.1) is 0 Å². The predicted molar refractivity (Wildman–Crippen MR) is 156 cm³/mol. The summed E-state index contributed by atoms with van der Waals surface area (Å²) in [5, 5.41) is 21.1. The van der Waals surface area contributed by atoms with Gasteiger partial charge in [0.05, 0.1) is 18.8 Å². The zero-order valence-corrected chi connectivity index (χ0v) is 24.5. The molecule has 0 spiro atoms. The van der Waals surface area contributed by atoms with Crippen LogP contribution in [-0.2, 0) is 25.7 Å². The molecular weight excluding hydrogens is 520 g/mol. The fourth-order valence-corrected chi connectivity index (χ4v) is 7.43. The molecule has 0 radical (unpaired) electrons. The summed E-state index contributed by atoms with van der Waals surface area (Å²) in [4.78, 5) is 25.6. The number of aliphatic hydroxyl groups excluding tert-OH is 1. The first kappa shape index (κ1) is 29.7. The molecule has 1 saturated carbocycles. The Morgan fingerprint density at radius 3 is 2.37 bits per heavy atom. The maximum atomic E-state index is 12.2. The Balaban J connectivity index is 1.29. The minimum absolute atomic E-state index is 0.00375. The summed E-state index contributed by atoms with van der Waals surface area (Å²) < 4.78 is 13.1. The number of rotatable bonds is 10. The van der Waals surface area contributed by atoms with Crippen molar-refractivity contribution in [3.05, 3.63) is 65.2 Å². The van der Waals surface area contributed by atoms with E-state index in [9.17, 15) is 14.7 Å². The van der Waals surface area contributed by atoms with E-state index in [4.69, 9.17) is 14.6 Å². The highest BCUT2D eigenvalue weighted by atomic mass is 16.7. The van der Waals surface area contributed by atoms with E-state index in [0.717, 1.165) is 36.2 Å². The zero-order valence-electron chi connectivity index (χ0n) is 24.5. The number of likely N-dealkylation sites (tertiary alicyclic amines) is 1. The van der Waals surface area contributed by atoms with Crippen molar-refractivity contribution in [1.82, 2.24) is 4.90 Å². The highest BCUT2D eigenvalue weighted by molar-refractivity contribution is 5.90. The second-order valence-electron chi connectivity index (χ2n) is 13.4. The summed E-state index contributed by atoms with van der Waals surface area (Å²) in [5.41, 5.74) is 4.18. The number of carbonyl (C=O) groups is 2. The van der Waals surface area contributed by atoms with Crippen molar-refractivity contribution >= 4 is 17.6 Å². The Labute approximate surface area is 243 Å². The average molecular weight is 565 g/mol. The van der Waals surface area contributed by atoms with E-state index >= 15 is 0 Å². The third kappa shape index (κ3) is 7.55. The molecule has 41 heavy (non-hydrogen) atoms. The molecule has 2 unspecified atom stereocenters. The molecule has 8 heteroatoms. The van der Waals surface area contributed by atoms with Crippen molar-refractivity contribution < 1.29 is 29.3 Å². The van der Waals surface area contributed by atoms with Crippen LogP contribution in [0.15, 0.2) is 48.5 Å². The number of carbonyl (C=O) groups excluding carboxylic acids is 1. The first-order valence-corrected chi connectivity index (χ1v) is 14.9. The number of nitrogens with zero attached hydrogens (tertiary/aromatic N) is 1. The zero-order chi connectivity index (χ0) is 29.2. The van der Waals surface area contributed by atoms with E-state index in [1.165, 1.54) is 19.3 Å². The van der Waals surface area contributed by atoms with Crippen molar-refractivity contribution in [3.63, 3.8) is 0 Å². The summed E-state index contributed by atoms with van der Waals surface area (Å²) in [7, 11) is 0. The van der Waals surface area contributed by atoms with Crippen LogP contribution in [0.2, 0.25) is 0 Å². The molecule has 2 aromatic rings. The second kappa shape index (κ2) is 12.2. The maximum Gasteiger partial charge on any atom is 0.303 e. The van der Waals surface area contributed by atoms with Gasteiger partial charge in [0.2, 0.25) is 5.91 Å². The number of fused-ring (bicyclic) bond motifs is 2. The molecule has 5 rings (SSSR count). The highest BCUT2D eigenvalue weighted by Crippen LogP contribution is 2.53. The predicted octanol–water partition coefficient (Wildman–Crippen LogP) is 5.82. The number of ether oxygens (including phenoxy) is 2. The maximum absolute atomic E-state index is 12.2. The molecule has 1 amide bonds. The normalized spacial score (nSPS) is 29.3. The lowest BCUT2D eigenvalue weighted by atomic mass is 9.65. The van der Waals surface area contributed by atoms with Crippen LogP contribution in [0, 0.1) is 10.8 Å². The average Bonchev–Trinajstić information content (AvgIpc) is 3.15. The molecule has 2 saturated heterocycles. The minimum Gasteiger partial charge on any atom is -0.481 e. The molecular formula is C33H44N2O6. The van der Waals surface area contributed by atoms with Crippen molar-refractivity contribution in [2.45, 2.75) is 96.9 Å². The molecule has 222 valence electrons. The van der Waals surface area contributed by atoms with Crippen LogP contribution in [0.1, 0.15) is 94.8 Å². The fourth-order valence-electron chi connectivity index (χ4n) is 7.43. The molecule has 3 N–H and O–H groups in total. The first-order valence-electron chi connectivity index (χ1n) is 14.9. The number of nitrogens with one attached hydrogen (secondary N) is 1. The van der Waals surface area contributed by atoms with Crippen molar-refractivity contribution in [2.24, 2.45) is 10.8 Å². The van der Waals surface area contributed by atoms with Gasteiger partial charge in [0.25, 0.3) is 0 Å². The number of carboxylic acid groups (broad SMARTS) is 1. The van der Waals surface area contributed by atoms with Crippen LogP contribution in [-0.4, -0.2) is 52.2 Å². The van der Waals surface area contributed by atoms with Crippen molar-refractivity contribution in [3.8, 4) is 0 Å². The van der Waals surface area contributed by atoms with E-state index in [0.29, 0.717) is 29.0 Å². The number of amides is 1. The van der Waals surface area contributed by atoms with Crippen molar-refractivity contribution in [1.29, 1.82) is 0 Å². The standard InChI is InChI=1S/C33H44N2O6/c1-32(2)16-26-17-33(3,20-32)21-35(26)18-27-15-28(23-9-7-22(19-36)8-10-23)41-31(40-27)24-11-13-25(14-12-24)34-29(37)5-4-6-30(38)39/h7-14,26-28,31,36H,4-6,15-21H2,1-3H3,(H,34,37)(H,38,39)/t26?,27-,28+,31+,33?/m0/s1. The molecule has 2 aliphatic heterocycles. The monoisotopic (exact) mass is 564 g/mol. The van der Waals surface area contributed by atoms with Crippen LogP contribution in [0.4, 0.5) is 5.69 Å². The smallest absolute Gasteiger partial charge is 0.303 e. The van der Waals surface area contributed by atoms with E-state index in [2.05, 4.69) is 31.0 Å². The van der Waals surface area contributed by atoms with Gasteiger partial charge in [-0.05, 0) is 59.8 Å². The van der Waals surface area contributed by atoms with Crippen LogP contribution < -0.4 is 5.32 Å². The summed E-state index contributed by atoms with van der Waals surface area (Å²) in [6.45, 7) is 9.21. The summed E-state index contributed by atoms with van der Waals surface area (Å²) >= 11 is 0. The van der Waals surface area contributed by atoms with Crippen LogP contribution >= 0.6 is 0 Å². The number of anilines is 1. The summed E-state index contributed by atoms with van der Waals surface area (Å²) in [6.07, 6.45) is 4.21. The van der Waals surface area contributed by atoms with Gasteiger partial charge in [0.1, 0.15) is 0 Å².